The molecule has 8 nitrogen and oxygen atoms in total. The third kappa shape index (κ3) is 4.58. The topological polar surface area (TPSA) is 121 Å². The fourth-order valence-electron chi connectivity index (χ4n) is 2.32. The number of nitrogens with one attached hydrogen (secondary N) is 3. The van der Waals surface area contributed by atoms with Crippen molar-refractivity contribution < 1.29 is 23.1 Å². The molecule has 0 fully saturated rings. The van der Waals surface area contributed by atoms with Crippen LogP contribution in [0.1, 0.15) is 21.7 Å². The number of amides is 1. The number of aromatic nitrogens is 1. The van der Waals surface area contributed by atoms with E-state index in [1.54, 1.807) is 6.07 Å². The maximum absolute atomic E-state index is 14.2. The van der Waals surface area contributed by atoms with Crippen LogP contribution in [0.15, 0.2) is 53.3 Å². The van der Waals surface area contributed by atoms with Crippen LogP contribution in [0, 0.1) is 16.6 Å². The maximum Gasteiger partial charge on any atom is 0.261 e. The molecule has 1 amide bonds. The molecular weight excluding hydrogens is 403 g/mol. The molecule has 3 aromatic rings. The Morgan fingerprint density at radius 1 is 1.24 bits per heavy atom. The van der Waals surface area contributed by atoms with Crippen molar-refractivity contribution in [2.24, 2.45) is 0 Å². The van der Waals surface area contributed by atoms with Crippen LogP contribution in [-0.2, 0) is 4.74 Å². The molecule has 2 aromatic heterocycles. The van der Waals surface area contributed by atoms with Gasteiger partial charge in [0.15, 0.2) is 5.76 Å². The first-order chi connectivity index (χ1) is 13.9. The van der Waals surface area contributed by atoms with E-state index in [-0.39, 0.29) is 39.4 Å². The lowest BCUT2D eigenvalue weighted by atomic mass is 10.1. The maximum atomic E-state index is 14.2. The summed E-state index contributed by atoms with van der Waals surface area (Å²) in [7, 11) is 1.36. The minimum absolute atomic E-state index is 0.0487. The average molecular weight is 417 g/mol. The predicted molar refractivity (Wildman–Crippen MR) is 104 cm³/mol. The molecule has 148 valence electrons. The van der Waals surface area contributed by atoms with E-state index >= 15 is 0 Å². The number of halogens is 2. The van der Waals surface area contributed by atoms with Gasteiger partial charge < -0.3 is 19.2 Å². The Balaban J connectivity index is 1.79. The van der Waals surface area contributed by atoms with Gasteiger partial charge in [-0.25, -0.2) is 9.37 Å². The van der Waals surface area contributed by atoms with Crippen molar-refractivity contribution in [2.45, 2.75) is 0 Å². The number of carbonyl (C=O) groups is 1. The highest BCUT2D eigenvalue weighted by atomic mass is 35.5. The summed E-state index contributed by atoms with van der Waals surface area (Å²) in [6, 6.07) is 7.99. The number of hydrogen-bond acceptors (Lipinski definition) is 7. The summed E-state index contributed by atoms with van der Waals surface area (Å²) in [5.74, 6) is -1.91. The van der Waals surface area contributed by atoms with Crippen LogP contribution >= 0.6 is 11.6 Å². The summed E-state index contributed by atoms with van der Waals surface area (Å²) in [6.45, 7) is 0. The highest BCUT2D eigenvalue weighted by Gasteiger charge is 2.18. The lowest BCUT2D eigenvalue weighted by Crippen LogP contribution is -2.16. The Labute approximate surface area is 169 Å². The van der Waals surface area contributed by atoms with E-state index in [0.717, 1.165) is 6.07 Å². The van der Waals surface area contributed by atoms with Gasteiger partial charge in [0, 0.05) is 17.8 Å². The SMILES string of the molecule is COc1cc(Cl)ncc1C(=O)Nc1cc(C(=N)OC(=N)c2ccco2)ccc1F. The quantitative estimate of drug-likeness (QED) is 0.328. The molecule has 3 rings (SSSR count). The van der Waals surface area contributed by atoms with Gasteiger partial charge in [0.2, 0.25) is 5.90 Å². The van der Waals surface area contributed by atoms with E-state index in [1.807, 2.05) is 0 Å². The summed E-state index contributed by atoms with van der Waals surface area (Å²) in [4.78, 5) is 16.3. The first-order valence-electron chi connectivity index (χ1n) is 8.08. The number of hydrogen-bond donors (Lipinski definition) is 3. The molecule has 1 aromatic carbocycles. The van der Waals surface area contributed by atoms with E-state index in [2.05, 4.69) is 10.3 Å². The predicted octanol–water partition coefficient (Wildman–Crippen LogP) is 4.10. The van der Waals surface area contributed by atoms with Gasteiger partial charge in [0.1, 0.15) is 22.3 Å². The molecule has 10 heteroatoms. The summed E-state index contributed by atoms with van der Waals surface area (Å²) in [5.41, 5.74) is -0.00536. The summed E-state index contributed by atoms with van der Waals surface area (Å²) in [6.07, 6.45) is 2.57. The molecule has 0 aliphatic rings. The van der Waals surface area contributed by atoms with E-state index in [4.69, 9.17) is 36.3 Å². The zero-order valence-electron chi connectivity index (χ0n) is 15.0. The molecule has 0 saturated carbocycles. The van der Waals surface area contributed by atoms with Gasteiger partial charge in [-0.05, 0) is 30.3 Å². The number of furan rings is 1. The number of ether oxygens (including phenoxy) is 2. The van der Waals surface area contributed by atoms with E-state index in [1.165, 1.54) is 43.8 Å². The molecule has 0 unspecified atom stereocenters. The van der Waals surface area contributed by atoms with Crippen LogP contribution in [0.4, 0.5) is 10.1 Å². The van der Waals surface area contributed by atoms with Crippen molar-refractivity contribution in [1.29, 1.82) is 10.8 Å². The lowest BCUT2D eigenvalue weighted by Gasteiger charge is -2.12. The number of anilines is 1. The number of benzene rings is 1. The molecular formula is C19H14ClFN4O4. The van der Waals surface area contributed by atoms with Gasteiger partial charge >= 0.3 is 0 Å². The zero-order chi connectivity index (χ0) is 21.0. The third-order valence-electron chi connectivity index (χ3n) is 3.72. The smallest absolute Gasteiger partial charge is 0.261 e. The fraction of sp³-hybridized carbons (Fsp3) is 0.0526. The molecule has 0 aliphatic heterocycles. The molecule has 0 radical (unpaired) electrons. The van der Waals surface area contributed by atoms with Crippen molar-refractivity contribution in [3.05, 3.63) is 76.7 Å². The third-order valence-corrected chi connectivity index (χ3v) is 3.93. The second kappa shape index (κ2) is 8.53. The molecule has 0 spiro atoms. The molecule has 0 bridgehead atoms. The second-order valence-electron chi connectivity index (χ2n) is 5.59. The Morgan fingerprint density at radius 3 is 2.72 bits per heavy atom. The van der Waals surface area contributed by atoms with Crippen molar-refractivity contribution in [1.82, 2.24) is 4.98 Å². The molecule has 0 saturated heterocycles. The van der Waals surface area contributed by atoms with Crippen LogP contribution in [0.3, 0.4) is 0 Å². The fourth-order valence-corrected chi connectivity index (χ4v) is 2.47. The highest BCUT2D eigenvalue weighted by molar-refractivity contribution is 6.29. The summed E-state index contributed by atoms with van der Waals surface area (Å²) < 4.78 is 29.4. The van der Waals surface area contributed by atoms with Crippen molar-refractivity contribution >= 4 is 35.0 Å². The zero-order valence-corrected chi connectivity index (χ0v) is 15.7. The van der Waals surface area contributed by atoms with Crippen molar-refractivity contribution in [3.63, 3.8) is 0 Å². The number of methoxy groups -OCH3 is 1. The van der Waals surface area contributed by atoms with Gasteiger partial charge in [0.05, 0.1) is 19.1 Å². The largest absolute Gasteiger partial charge is 0.496 e. The minimum Gasteiger partial charge on any atom is -0.496 e. The minimum atomic E-state index is -0.725. The number of nitrogens with zero attached hydrogens (tertiary/aromatic N) is 1. The average Bonchev–Trinajstić information content (AvgIpc) is 3.24. The van der Waals surface area contributed by atoms with Crippen molar-refractivity contribution in [3.8, 4) is 5.75 Å². The Bertz CT molecular complexity index is 1090. The van der Waals surface area contributed by atoms with Gasteiger partial charge in [-0.1, -0.05) is 11.6 Å². The molecule has 0 atom stereocenters. The van der Waals surface area contributed by atoms with E-state index < -0.39 is 17.6 Å². The summed E-state index contributed by atoms with van der Waals surface area (Å²) in [5, 5.41) is 18.3. The first kappa shape index (κ1) is 20.0. The Hall–Kier alpha value is -3.72. The highest BCUT2D eigenvalue weighted by Crippen LogP contribution is 2.24. The van der Waals surface area contributed by atoms with E-state index in [9.17, 15) is 9.18 Å². The van der Waals surface area contributed by atoms with Crippen LogP contribution in [-0.4, -0.2) is 29.8 Å². The number of carbonyl (C=O) groups excluding carboxylic acids is 1. The van der Waals surface area contributed by atoms with Gasteiger partial charge in [-0.15, -0.1) is 0 Å². The molecule has 29 heavy (non-hydrogen) atoms. The van der Waals surface area contributed by atoms with Gasteiger partial charge in [-0.3, -0.25) is 15.6 Å². The second-order valence-corrected chi connectivity index (χ2v) is 5.98. The van der Waals surface area contributed by atoms with Gasteiger partial charge in [-0.2, -0.15) is 0 Å². The standard InChI is InChI=1S/C19H14ClFN4O4/c1-27-15-8-16(20)24-9-11(15)19(26)25-13-7-10(4-5-12(13)21)17(22)29-18(23)14-3-2-6-28-14/h2-9,22-23H,1H3,(H,25,26). The lowest BCUT2D eigenvalue weighted by molar-refractivity contribution is 0.102. The number of pyridine rings is 1. The Morgan fingerprint density at radius 2 is 2.03 bits per heavy atom. The Kier molecular flexibility index (Phi) is 5.89. The van der Waals surface area contributed by atoms with Crippen LogP contribution < -0.4 is 10.1 Å². The normalized spacial score (nSPS) is 10.3. The van der Waals surface area contributed by atoms with Gasteiger partial charge in [0.25, 0.3) is 11.8 Å². The molecule has 2 heterocycles. The molecule has 0 aliphatic carbocycles. The van der Waals surface area contributed by atoms with Crippen LogP contribution in [0.2, 0.25) is 5.15 Å². The van der Waals surface area contributed by atoms with E-state index in [0.29, 0.717) is 0 Å². The first-order valence-corrected chi connectivity index (χ1v) is 8.46. The summed E-state index contributed by atoms with van der Waals surface area (Å²) >= 11 is 5.78. The monoisotopic (exact) mass is 416 g/mol. The van der Waals surface area contributed by atoms with Crippen LogP contribution in [0.5, 0.6) is 5.75 Å². The number of rotatable bonds is 5. The molecule has 3 N–H and O–H groups in total. The van der Waals surface area contributed by atoms with Crippen molar-refractivity contribution in [2.75, 3.05) is 12.4 Å². The van der Waals surface area contributed by atoms with Crippen LogP contribution in [0.25, 0.3) is 0 Å².